The molecule has 0 aliphatic carbocycles. The first-order chi connectivity index (χ1) is 10.6. The summed E-state index contributed by atoms with van der Waals surface area (Å²) in [6.07, 6.45) is 1.08. The predicted octanol–water partition coefficient (Wildman–Crippen LogP) is 3.20. The number of nitro benzene ring substituents is 1. The number of nitro groups is 1. The van der Waals surface area contributed by atoms with E-state index in [1.54, 1.807) is 0 Å². The van der Waals surface area contributed by atoms with E-state index < -0.39 is 16.7 Å². The second kappa shape index (κ2) is 7.00. The van der Waals surface area contributed by atoms with E-state index in [2.05, 4.69) is 13.2 Å². The van der Waals surface area contributed by atoms with E-state index in [1.165, 1.54) is 24.3 Å². The molecule has 0 bridgehead atoms. The molecule has 0 fully saturated rings. The summed E-state index contributed by atoms with van der Waals surface area (Å²) >= 11 is 0. The monoisotopic (exact) mass is 316 g/mol. The fourth-order valence-electron chi connectivity index (χ4n) is 1.91. The Kier molecular flexibility index (Phi) is 5.57. The van der Waals surface area contributed by atoms with Crippen LogP contribution in [0.1, 0.15) is 26.3 Å². The van der Waals surface area contributed by atoms with Gasteiger partial charge in [-0.25, -0.2) is 0 Å². The standard InChI is InChI=1S/C17H20N2O4/c1-6-15(20)18(11-17(3,4)5)16(21)12(2)13-7-9-14(10-8-13)19(22)23/h6-10H,1-2,11H2,3-5H3. The minimum absolute atomic E-state index is 0.0808. The number of hydrogen-bond donors (Lipinski definition) is 0. The highest BCUT2D eigenvalue weighted by molar-refractivity contribution is 6.23. The SMILES string of the molecule is C=CC(=O)N(CC(C)(C)C)C(=O)C(=C)c1ccc([N+](=O)[O-])cc1. The minimum atomic E-state index is -0.543. The highest BCUT2D eigenvalue weighted by atomic mass is 16.6. The largest absolute Gasteiger partial charge is 0.274 e. The molecule has 0 unspecified atom stereocenters. The average molecular weight is 316 g/mol. The van der Waals surface area contributed by atoms with Crippen molar-refractivity contribution in [2.24, 2.45) is 5.41 Å². The summed E-state index contributed by atoms with van der Waals surface area (Å²) < 4.78 is 0. The third-order valence-corrected chi connectivity index (χ3v) is 3.00. The van der Waals surface area contributed by atoms with Crippen LogP contribution in [-0.4, -0.2) is 28.2 Å². The average Bonchev–Trinajstić information content (AvgIpc) is 2.49. The normalized spacial score (nSPS) is 10.7. The zero-order chi connectivity index (χ0) is 17.8. The van der Waals surface area contributed by atoms with Crippen molar-refractivity contribution in [2.75, 3.05) is 6.54 Å². The molecule has 0 atom stereocenters. The van der Waals surface area contributed by atoms with Crippen LogP contribution in [0.4, 0.5) is 5.69 Å². The smallest absolute Gasteiger partial charge is 0.269 e. The number of imide groups is 1. The van der Waals surface area contributed by atoms with E-state index in [9.17, 15) is 19.7 Å². The van der Waals surface area contributed by atoms with Gasteiger partial charge in [-0.05, 0) is 29.2 Å². The molecule has 0 spiro atoms. The van der Waals surface area contributed by atoms with Gasteiger partial charge in [0.2, 0.25) is 0 Å². The number of carbonyl (C=O) groups excluding carboxylic acids is 2. The quantitative estimate of drug-likeness (QED) is 0.474. The van der Waals surface area contributed by atoms with Gasteiger partial charge in [0.15, 0.2) is 0 Å². The lowest BCUT2D eigenvalue weighted by Gasteiger charge is -2.28. The maximum Gasteiger partial charge on any atom is 0.269 e. The van der Waals surface area contributed by atoms with Gasteiger partial charge in [-0.2, -0.15) is 0 Å². The zero-order valence-corrected chi connectivity index (χ0v) is 13.5. The highest BCUT2D eigenvalue weighted by Gasteiger charge is 2.27. The molecule has 0 saturated carbocycles. The molecule has 0 radical (unpaired) electrons. The van der Waals surface area contributed by atoms with Gasteiger partial charge in [0, 0.05) is 24.3 Å². The van der Waals surface area contributed by atoms with Crippen molar-refractivity contribution in [3.63, 3.8) is 0 Å². The number of amides is 2. The lowest BCUT2D eigenvalue weighted by Crippen LogP contribution is -2.41. The summed E-state index contributed by atoms with van der Waals surface area (Å²) in [4.78, 5) is 35.7. The number of nitrogens with zero attached hydrogens (tertiary/aromatic N) is 2. The molecule has 0 saturated heterocycles. The first-order valence-electron chi connectivity index (χ1n) is 6.99. The maximum atomic E-state index is 12.6. The second-order valence-electron chi connectivity index (χ2n) is 6.28. The van der Waals surface area contributed by atoms with E-state index in [1.807, 2.05) is 20.8 Å². The van der Waals surface area contributed by atoms with Gasteiger partial charge in [-0.15, -0.1) is 0 Å². The van der Waals surface area contributed by atoms with E-state index in [0.717, 1.165) is 11.0 Å². The Morgan fingerprint density at radius 1 is 1.26 bits per heavy atom. The lowest BCUT2D eigenvalue weighted by molar-refractivity contribution is -0.384. The van der Waals surface area contributed by atoms with Crippen LogP contribution in [0.2, 0.25) is 0 Å². The zero-order valence-electron chi connectivity index (χ0n) is 13.5. The Hall–Kier alpha value is -2.76. The van der Waals surface area contributed by atoms with Crippen molar-refractivity contribution in [1.82, 2.24) is 4.90 Å². The number of non-ortho nitro benzene ring substituents is 1. The summed E-state index contributed by atoms with van der Waals surface area (Å²) in [5, 5.41) is 10.7. The molecule has 0 aliphatic heterocycles. The Balaban J connectivity index is 3.07. The van der Waals surface area contributed by atoms with E-state index in [-0.39, 0.29) is 23.2 Å². The first-order valence-corrected chi connectivity index (χ1v) is 6.99. The third kappa shape index (κ3) is 4.88. The van der Waals surface area contributed by atoms with Crippen LogP contribution in [0.3, 0.4) is 0 Å². The van der Waals surface area contributed by atoms with Gasteiger partial charge in [0.05, 0.1) is 4.92 Å². The molecule has 6 heteroatoms. The van der Waals surface area contributed by atoms with Crippen LogP contribution in [0, 0.1) is 15.5 Å². The van der Waals surface area contributed by atoms with Crippen LogP contribution in [-0.2, 0) is 9.59 Å². The fourth-order valence-corrected chi connectivity index (χ4v) is 1.91. The van der Waals surface area contributed by atoms with E-state index >= 15 is 0 Å². The van der Waals surface area contributed by atoms with Crippen molar-refractivity contribution in [1.29, 1.82) is 0 Å². The summed E-state index contributed by atoms with van der Waals surface area (Å²) in [5.74, 6) is -1.05. The summed E-state index contributed by atoms with van der Waals surface area (Å²) in [6.45, 7) is 13.0. The number of rotatable bonds is 5. The second-order valence-corrected chi connectivity index (χ2v) is 6.28. The first kappa shape index (κ1) is 18.3. The van der Waals surface area contributed by atoms with Gasteiger partial charge in [-0.3, -0.25) is 24.6 Å². The summed E-state index contributed by atoms with van der Waals surface area (Å²) in [6, 6.07) is 5.45. The van der Waals surface area contributed by atoms with E-state index in [4.69, 9.17) is 0 Å². The maximum absolute atomic E-state index is 12.6. The Morgan fingerprint density at radius 2 is 1.78 bits per heavy atom. The molecule has 6 nitrogen and oxygen atoms in total. The van der Waals surface area contributed by atoms with Crippen LogP contribution in [0.15, 0.2) is 43.5 Å². The van der Waals surface area contributed by atoms with Crippen molar-refractivity contribution >= 4 is 23.1 Å². The topological polar surface area (TPSA) is 80.5 Å². The minimum Gasteiger partial charge on any atom is -0.274 e. The Labute approximate surface area is 135 Å². The van der Waals surface area contributed by atoms with Crippen LogP contribution in [0.5, 0.6) is 0 Å². The molecule has 122 valence electrons. The van der Waals surface area contributed by atoms with Crippen molar-refractivity contribution in [3.05, 3.63) is 59.2 Å². The molecule has 1 aromatic carbocycles. The Bertz CT molecular complexity index is 654. The van der Waals surface area contributed by atoms with Gasteiger partial charge >= 0.3 is 0 Å². The fraction of sp³-hybridized carbons (Fsp3) is 0.294. The predicted molar refractivity (Wildman–Crippen MR) is 88.5 cm³/mol. The van der Waals surface area contributed by atoms with Gasteiger partial charge < -0.3 is 0 Å². The molecule has 0 N–H and O–H groups in total. The van der Waals surface area contributed by atoms with Crippen molar-refractivity contribution in [2.45, 2.75) is 20.8 Å². The molecule has 0 aromatic heterocycles. The van der Waals surface area contributed by atoms with Crippen LogP contribution in [0.25, 0.3) is 5.57 Å². The van der Waals surface area contributed by atoms with Crippen LogP contribution < -0.4 is 0 Å². The van der Waals surface area contributed by atoms with Gasteiger partial charge in [0.1, 0.15) is 0 Å². The Morgan fingerprint density at radius 3 is 2.17 bits per heavy atom. The molecule has 0 heterocycles. The van der Waals surface area contributed by atoms with Crippen LogP contribution >= 0.6 is 0 Å². The molecule has 2 amide bonds. The summed E-state index contributed by atoms with van der Waals surface area (Å²) in [5.41, 5.74) is 0.155. The third-order valence-electron chi connectivity index (χ3n) is 3.00. The number of carbonyl (C=O) groups is 2. The summed E-state index contributed by atoms with van der Waals surface area (Å²) in [7, 11) is 0. The van der Waals surface area contributed by atoms with Crippen molar-refractivity contribution < 1.29 is 14.5 Å². The number of benzene rings is 1. The lowest BCUT2D eigenvalue weighted by atomic mass is 9.95. The van der Waals surface area contributed by atoms with E-state index in [0.29, 0.717) is 5.56 Å². The number of hydrogen-bond acceptors (Lipinski definition) is 4. The van der Waals surface area contributed by atoms with Gasteiger partial charge in [-0.1, -0.05) is 33.9 Å². The molecular weight excluding hydrogens is 296 g/mol. The molecule has 1 aromatic rings. The van der Waals surface area contributed by atoms with Crippen molar-refractivity contribution in [3.8, 4) is 0 Å². The molecule has 1 rings (SSSR count). The van der Waals surface area contributed by atoms with Gasteiger partial charge in [0.25, 0.3) is 17.5 Å². The highest BCUT2D eigenvalue weighted by Crippen LogP contribution is 2.22. The molecular formula is C17H20N2O4. The molecule has 23 heavy (non-hydrogen) atoms. The molecule has 0 aliphatic rings.